The number of carbonyl (C=O) groups is 1. The van der Waals surface area contributed by atoms with E-state index in [1.165, 1.54) is 6.07 Å². The van der Waals surface area contributed by atoms with Gasteiger partial charge in [-0.1, -0.05) is 26.8 Å². The van der Waals surface area contributed by atoms with Crippen molar-refractivity contribution in [2.45, 2.75) is 32.6 Å². The van der Waals surface area contributed by atoms with E-state index in [1.54, 1.807) is 39.8 Å². The highest BCUT2D eigenvalue weighted by Gasteiger charge is 2.22. The van der Waals surface area contributed by atoms with Gasteiger partial charge in [-0.15, -0.1) is 0 Å². The number of nitrogens with one attached hydrogen (secondary N) is 1. The summed E-state index contributed by atoms with van der Waals surface area (Å²) < 4.78 is 22.7. The molecule has 1 aromatic carbocycles. The normalized spacial score (nSPS) is 12.3. The molecule has 0 spiro atoms. The minimum absolute atomic E-state index is 0.0224. The van der Waals surface area contributed by atoms with E-state index < -0.39 is 15.4 Å². The lowest BCUT2D eigenvalue weighted by atomic mass is 9.95. The number of hydrogen-bond acceptors (Lipinski definition) is 3. The van der Waals surface area contributed by atoms with Crippen LogP contribution in [0, 0.1) is 12.3 Å². The molecule has 1 rings (SSSR count). The van der Waals surface area contributed by atoms with Gasteiger partial charge in [0.05, 0.1) is 4.90 Å². The quantitative estimate of drug-likeness (QED) is 0.855. The van der Waals surface area contributed by atoms with Gasteiger partial charge in [-0.25, -0.2) is 13.6 Å². The molecule has 5 nitrogen and oxygen atoms in total. The minimum Gasteiger partial charge on any atom is -0.325 e. The van der Waals surface area contributed by atoms with E-state index in [0.717, 1.165) is 0 Å². The Hall–Kier alpha value is -1.40. The maximum absolute atomic E-state index is 11.9. The number of anilines is 1. The molecule has 1 aromatic rings. The number of nitrogens with two attached hydrogens (primary N) is 1. The van der Waals surface area contributed by atoms with Crippen LogP contribution in [0.2, 0.25) is 0 Å². The Bertz CT molecular complexity index is 571. The molecule has 0 radical (unpaired) electrons. The summed E-state index contributed by atoms with van der Waals surface area (Å²) in [5.74, 6) is -0.183. The minimum atomic E-state index is -3.78. The van der Waals surface area contributed by atoms with Crippen molar-refractivity contribution in [1.29, 1.82) is 0 Å². The van der Waals surface area contributed by atoms with Crippen molar-refractivity contribution in [1.82, 2.24) is 0 Å². The smallest absolute Gasteiger partial charge is 0.238 e. The van der Waals surface area contributed by atoms with Gasteiger partial charge in [-0.3, -0.25) is 4.79 Å². The van der Waals surface area contributed by atoms with Gasteiger partial charge in [0.25, 0.3) is 0 Å². The number of rotatable bonds is 2. The fourth-order valence-corrected chi connectivity index (χ4v) is 2.17. The highest BCUT2D eigenvalue weighted by molar-refractivity contribution is 7.89. The molecule has 0 bridgehead atoms. The second-order valence-electron chi connectivity index (χ2n) is 5.18. The SMILES string of the molecule is Cc1c(NC(=O)C(C)(C)C)cccc1S(N)(=O)=O. The van der Waals surface area contributed by atoms with Gasteiger partial charge in [0.1, 0.15) is 0 Å². The van der Waals surface area contributed by atoms with E-state index in [4.69, 9.17) is 5.14 Å². The summed E-state index contributed by atoms with van der Waals surface area (Å²) in [5, 5.41) is 7.81. The van der Waals surface area contributed by atoms with Crippen LogP contribution >= 0.6 is 0 Å². The third kappa shape index (κ3) is 3.30. The maximum atomic E-state index is 11.9. The second kappa shape index (κ2) is 4.70. The van der Waals surface area contributed by atoms with Gasteiger partial charge in [0.2, 0.25) is 15.9 Å². The van der Waals surface area contributed by atoms with Crippen molar-refractivity contribution in [2.24, 2.45) is 10.6 Å². The van der Waals surface area contributed by atoms with Gasteiger partial charge in [0, 0.05) is 11.1 Å². The summed E-state index contributed by atoms with van der Waals surface area (Å²) in [5.41, 5.74) is 0.350. The summed E-state index contributed by atoms with van der Waals surface area (Å²) in [7, 11) is -3.78. The molecular formula is C12H18N2O3S. The van der Waals surface area contributed by atoms with Crippen molar-refractivity contribution in [3.63, 3.8) is 0 Å². The van der Waals surface area contributed by atoms with Crippen LogP contribution in [-0.2, 0) is 14.8 Å². The Morgan fingerprint density at radius 3 is 2.28 bits per heavy atom. The van der Waals surface area contributed by atoms with Gasteiger partial charge < -0.3 is 5.32 Å². The van der Waals surface area contributed by atoms with Crippen LogP contribution in [0.1, 0.15) is 26.3 Å². The number of sulfonamides is 1. The molecule has 0 heterocycles. The first-order valence-electron chi connectivity index (χ1n) is 5.47. The van der Waals surface area contributed by atoms with Gasteiger partial charge in [0.15, 0.2) is 0 Å². The third-order valence-corrected chi connectivity index (χ3v) is 3.58. The first-order valence-corrected chi connectivity index (χ1v) is 7.02. The van der Waals surface area contributed by atoms with Crippen LogP contribution in [0.25, 0.3) is 0 Å². The molecule has 0 fully saturated rings. The second-order valence-corrected chi connectivity index (χ2v) is 6.71. The average molecular weight is 270 g/mol. The number of hydrogen-bond donors (Lipinski definition) is 2. The molecule has 1 amide bonds. The molecule has 100 valence electrons. The fourth-order valence-electron chi connectivity index (χ4n) is 1.37. The standard InChI is InChI=1S/C12H18N2O3S/c1-8-9(14-11(15)12(2,3)4)6-5-7-10(8)18(13,16)17/h5-7H,1-4H3,(H,14,15)(H2,13,16,17). The van der Waals surface area contributed by atoms with Gasteiger partial charge in [-0.05, 0) is 24.6 Å². The molecule has 0 unspecified atom stereocenters. The van der Waals surface area contributed by atoms with Crippen molar-refractivity contribution < 1.29 is 13.2 Å². The molecule has 0 aliphatic heterocycles. The van der Waals surface area contributed by atoms with E-state index >= 15 is 0 Å². The zero-order valence-electron chi connectivity index (χ0n) is 10.9. The summed E-state index contributed by atoms with van der Waals surface area (Å²) in [4.78, 5) is 11.9. The fraction of sp³-hybridized carbons (Fsp3) is 0.417. The van der Waals surface area contributed by atoms with Crippen LogP contribution in [-0.4, -0.2) is 14.3 Å². The summed E-state index contributed by atoms with van der Waals surface area (Å²) in [6, 6.07) is 4.61. The van der Waals surface area contributed by atoms with Crippen LogP contribution in [0.4, 0.5) is 5.69 Å². The molecule has 0 saturated carbocycles. The monoisotopic (exact) mass is 270 g/mol. The molecule has 0 aromatic heterocycles. The maximum Gasteiger partial charge on any atom is 0.238 e. The molecule has 0 saturated heterocycles. The van der Waals surface area contributed by atoms with E-state index in [1.807, 2.05) is 0 Å². The van der Waals surface area contributed by atoms with E-state index in [-0.39, 0.29) is 10.8 Å². The van der Waals surface area contributed by atoms with E-state index in [0.29, 0.717) is 11.3 Å². The Morgan fingerprint density at radius 2 is 1.83 bits per heavy atom. The molecule has 0 aliphatic carbocycles. The predicted molar refractivity (Wildman–Crippen MR) is 70.6 cm³/mol. The Kier molecular flexibility index (Phi) is 3.83. The molecule has 18 heavy (non-hydrogen) atoms. The zero-order chi connectivity index (χ0) is 14.1. The Balaban J connectivity index is 3.18. The number of primary sulfonamides is 1. The van der Waals surface area contributed by atoms with Crippen LogP contribution in [0.5, 0.6) is 0 Å². The highest BCUT2D eigenvalue weighted by Crippen LogP contribution is 2.24. The first-order chi connectivity index (χ1) is 8.03. The van der Waals surface area contributed by atoms with E-state index in [2.05, 4.69) is 5.32 Å². The lowest BCUT2D eigenvalue weighted by Gasteiger charge is -2.19. The van der Waals surface area contributed by atoms with Crippen molar-refractivity contribution >= 4 is 21.6 Å². The topological polar surface area (TPSA) is 89.3 Å². The Morgan fingerprint density at radius 1 is 1.28 bits per heavy atom. The van der Waals surface area contributed by atoms with Crippen LogP contribution < -0.4 is 10.5 Å². The zero-order valence-corrected chi connectivity index (χ0v) is 11.8. The van der Waals surface area contributed by atoms with Crippen molar-refractivity contribution in [2.75, 3.05) is 5.32 Å². The number of benzene rings is 1. The van der Waals surface area contributed by atoms with Crippen LogP contribution in [0.3, 0.4) is 0 Å². The molecule has 3 N–H and O–H groups in total. The number of carbonyl (C=O) groups excluding carboxylic acids is 1. The summed E-state index contributed by atoms with van der Waals surface area (Å²) >= 11 is 0. The highest BCUT2D eigenvalue weighted by atomic mass is 32.2. The van der Waals surface area contributed by atoms with Gasteiger partial charge >= 0.3 is 0 Å². The molecular weight excluding hydrogens is 252 g/mol. The molecule has 6 heteroatoms. The Labute approximate surface area is 107 Å². The first kappa shape index (κ1) is 14.7. The van der Waals surface area contributed by atoms with Crippen molar-refractivity contribution in [3.05, 3.63) is 23.8 Å². The van der Waals surface area contributed by atoms with Crippen molar-refractivity contribution in [3.8, 4) is 0 Å². The number of amides is 1. The largest absolute Gasteiger partial charge is 0.325 e. The van der Waals surface area contributed by atoms with Crippen LogP contribution in [0.15, 0.2) is 23.1 Å². The van der Waals surface area contributed by atoms with Gasteiger partial charge in [-0.2, -0.15) is 0 Å². The molecule has 0 aliphatic rings. The van der Waals surface area contributed by atoms with E-state index in [9.17, 15) is 13.2 Å². The lowest BCUT2D eigenvalue weighted by Crippen LogP contribution is -2.28. The summed E-state index contributed by atoms with van der Waals surface area (Å²) in [6.07, 6.45) is 0. The summed E-state index contributed by atoms with van der Waals surface area (Å²) in [6.45, 7) is 6.95. The molecule has 0 atom stereocenters. The third-order valence-electron chi connectivity index (χ3n) is 2.52. The lowest BCUT2D eigenvalue weighted by molar-refractivity contribution is -0.123. The predicted octanol–water partition coefficient (Wildman–Crippen LogP) is 1.63. The average Bonchev–Trinajstić information content (AvgIpc) is 2.17.